The second-order valence-electron chi connectivity index (χ2n) is 7.15. The molecule has 3 aromatic carbocycles. The Morgan fingerprint density at radius 2 is 1.45 bits per heavy atom. The van der Waals surface area contributed by atoms with Crippen molar-refractivity contribution in [2.24, 2.45) is 0 Å². The molecule has 3 aromatic rings. The van der Waals surface area contributed by atoms with E-state index in [9.17, 15) is 0 Å². The predicted molar refractivity (Wildman–Crippen MR) is 122 cm³/mol. The lowest BCUT2D eigenvalue weighted by molar-refractivity contribution is -0.184. The minimum atomic E-state index is -2.57. The maximum Gasteiger partial charge on any atom is 0.341 e. The van der Waals surface area contributed by atoms with E-state index in [1.54, 1.807) is 0 Å². The van der Waals surface area contributed by atoms with Gasteiger partial charge in [0.2, 0.25) is 0 Å². The first-order valence-electron chi connectivity index (χ1n) is 9.59. The van der Waals surface area contributed by atoms with E-state index < -0.39 is 11.8 Å². The Bertz CT molecular complexity index is 919. The van der Waals surface area contributed by atoms with Crippen LogP contribution in [0.2, 0.25) is 6.04 Å². The molecule has 0 unspecified atom stereocenters. The molecule has 0 radical (unpaired) electrons. The first-order valence-corrected chi connectivity index (χ1v) is 14.8. The van der Waals surface area contributed by atoms with E-state index in [1.165, 1.54) is 5.56 Å². The monoisotopic (exact) mass is 462 g/mol. The van der Waals surface area contributed by atoms with Gasteiger partial charge in [0.1, 0.15) is 5.75 Å². The molecule has 150 valence electrons. The van der Waals surface area contributed by atoms with Gasteiger partial charge in [0.25, 0.3) is 5.79 Å². The molecule has 1 heterocycles. The highest BCUT2D eigenvalue weighted by Gasteiger charge is 2.41. The Morgan fingerprint density at radius 1 is 0.828 bits per heavy atom. The zero-order valence-corrected chi connectivity index (χ0v) is 19.1. The van der Waals surface area contributed by atoms with Crippen LogP contribution < -0.4 is 4.74 Å². The van der Waals surface area contributed by atoms with Crippen LogP contribution >= 0.6 is 33.2 Å². The maximum absolute atomic E-state index is 6.53. The van der Waals surface area contributed by atoms with Gasteiger partial charge in [0, 0.05) is 16.7 Å². The summed E-state index contributed by atoms with van der Waals surface area (Å²) < 4.78 is 12.9. The van der Waals surface area contributed by atoms with E-state index in [2.05, 4.69) is 12.1 Å². The standard InChI is InChI=1S/C23H21Cl3O2Si/c24-29(25,26)15-7-8-18-13-14-22-19(16-18)17-27-23(28-22,20-9-3-1-4-10-20)21-11-5-2-6-12-21/h1-6,9-14,16H,7-8,15,17H2. The van der Waals surface area contributed by atoms with Gasteiger partial charge >= 0.3 is 6.00 Å². The number of benzene rings is 3. The molecule has 0 saturated heterocycles. The Labute approximate surface area is 186 Å². The molecule has 0 amide bonds. The van der Waals surface area contributed by atoms with Gasteiger partial charge in [0.05, 0.1) is 6.61 Å². The Hall–Kier alpha value is -1.49. The summed E-state index contributed by atoms with van der Waals surface area (Å²) in [6.07, 6.45) is 1.73. The average Bonchev–Trinajstić information content (AvgIpc) is 2.74. The van der Waals surface area contributed by atoms with Crippen LogP contribution in [-0.4, -0.2) is 6.00 Å². The lowest BCUT2D eigenvalue weighted by Gasteiger charge is -2.39. The Morgan fingerprint density at radius 3 is 2.03 bits per heavy atom. The van der Waals surface area contributed by atoms with E-state index in [0.717, 1.165) is 35.3 Å². The van der Waals surface area contributed by atoms with Gasteiger partial charge in [-0.2, -0.15) is 0 Å². The molecule has 1 aliphatic heterocycles. The summed E-state index contributed by atoms with van der Waals surface area (Å²) in [4.78, 5) is 0. The van der Waals surface area contributed by atoms with Crippen LogP contribution in [0, 0.1) is 0 Å². The van der Waals surface area contributed by atoms with Crippen molar-refractivity contribution in [2.45, 2.75) is 31.3 Å². The van der Waals surface area contributed by atoms with Crippen molar-refractivity contribution in [3.05, 3.63) is 101 Å². The molecule has 0 bridgehead atoms. The van der Waals surface area contributed by atoms with E-state index in [0.29, 0.717) is 12.7 Å². The highest BCUT2D eigenvalue weighted by Crippen LogP contribution is 2.42. The second kappa shape index (κ2) is 8.71. The number of aryl methyl sites for hydroxylation is 1. The van der Waals surface area contributed by atoms with Crippen LogP contribution in [0.25, 0.3) is 0 Å². The van der Waals surface area contributed by atoms with E-state index in [4.69, 9.17) is 42.7 Å². The number of rotatable bonds is 6. The summed E-state index contributed by atoms with van der Waals surface area (Å²) in [7, 11) is 0. The molecule has 4 rings (SSSR count). The van der Waals surface area contributed by atoms with Crippen molar-refractivity contribution in [2.75, 3.05) is 0 Å². The molecular formula is C23H21Cl3O2Si. The molecule has 0 aliphatic carbocycles. The summed E-state index contributed by atoms with van der Waals surface area (Å²) in [5.41, 5.74) is 4.17. The maximum atomic E-state index is 6.53. The fourth-order valence-corrected chi connectivity index (χ4v) is 5.40. The minimum Gasteiger partial charge on any atom is -0.453 e. The average molecular weight is 464 g/mol. The van der Waals surface area contributed by atoms with Crippen LogP contribution in [0.4, 0.5) is 0 Å². The quantitative estimate of drug-likeness (QED) is 0.287. The topological polar surface area (TPSA) is 18.5 Å². The first-order chi connectivity index (χ1) is 14.0. The van der Waals surface area contributed by atoms with Crippen LogP contribution in [0.15, 0.2) is 78.9 Å². The molecule has 6 heteroatoms. The summed E-state index contributed by atoms with van der Waals surface area (Å²) >= 11 is 18.0. The Kier molecular flexibility index (Phi) is 6.23. The molecule has 29 heavy (non-hydrogen) atoms. The van der Waals surface area contributed by atoms with Gasteiger partial charge in [-0.1, -0.05) is 66.7 Å². The van der Waals surface area contributed by atoms with Gasteiger partial charge in [-0.15, -0.1) is 33.2 Å². The van der Waals surface area contributed by atoms with Gasteiger partial charge < -0.3 is 9.47 Å². The lowest BCUT2D eigenvalue weighted by Crippen LogP contribution is -2.40. The SMILES string of the molecule is Cl[Si](Cl)(Cl)CCCc1ccc2c(c1)COC(c1ccccc1)(c1ccccc1)O2. The van der Waals surface area contributed by atoms with Crippen molar-refractivity contribution < 1.29 is 9.47 Å². The highest BCUT2D eigenvalue weighted by atomic mass is 35.8. The van der Waals surface area contributed by atoms with Crippen LogP contribution in [0.5, 0.6) is 5.75 Å². The van der Waals surface area contributed by atoms with Gasteiger partial charge in [-0.25, -0.2) is 0 Å². The molecule has 0 saturated carbocycles. The zero-order chi connectivity index (χ0) is 20.3. The van der Waals surface area contributed by atoms with Crippen molar-refractivity contribution in [3.8, 4) is 5.75 Å². The number of fused-ring (bicyclic) bond motifs is 1. The van der Waals surface area contributed by atoms with Crippen LogP contribution in [-0.2, 0) is 23.6 Å². The summed E-state index contributed by atoms with van der Waals surface area (Å²) in [5, 5.41) is 0. The molecule has 0 aromatic heterocycles. The third kappa shape index (κ3) is 4.81. The van der Waals surface area contributed by atoms with Crippen molar-refractivity contribution >= 4 is 39.2 Å². The second-order valence-corrected chi connectivity index (χ2v) is 16.4. The number of hydrogen-bond acceptors (Lipinski definition) is 2. The fourth-order valence-electron chi connectivity index (χ4n) is 3.62. The van der Waals surface area contributed by atoms with Gasteiger partial charge in [0.15, 0.2) is 0 Å². The molecule has 2 nitrogen and oxygen atoms in total. The molecule has 0 fully saturated rings. The molecule has 1 aliphatic rings. The first kappa shape index (κ1) is 20.8. The summed E-state index contributed by atoms with van der Waals surface area (Å²) in [6, 6.07) is 24.5. The largest absolute Gasteiger partial charge is 0.453 e. The van der Waals surface area contributed by atoms with Crippen molar-refractivity contribution in [1.82, 2.24) is 0 Å². The smallest absolute Gasteiger partial charge is 0.341 e. The summed E-state index contributed by atoms with van der Waals surface area (Å²) in [6.45, 7) is 0.464. The molecule has 0 atom stereocenters. The van der Waals surface area contributed by atoms with Gasteiger partial charge in [-0.3, -0.25) is 0 Å². The third-order valence-corrected chi connectivity index (χ3v) is 7.66. The van der Waals surface area contributed by atoms with Crippen molar-refractivity contribution in [3.63, 3.8) is 0 Å². The predicted octanol–water partition coefficient (Wildman–Crippen LogP) is 7.08. The Balaban J connectivity index is 1.62. The summed E-state index contributed by atoms with van der Waals surface area (Å²) in [5.74, 6) is -0.124. The molecule has 0 N–H and O–H groups in total. The van der Waals surface area contributed by atoms with Crippen LogP contribution in [0.1, 0.15) is 28.7 Å². The van der Waals surface area contributed by atoms with E-state index in [-0.39, 0.29) is 0 Å². The zero-order valence-electron chi connectivity index (χ0n) is 15.8. The highest BCUT2D eigenvalue weighted by molar-refractivity contribution is 7.64. The fraction of sp³-hybridized carbons (Fsp3) is 0.217. The molecule has 0 spiro atoms. The van der Waals surface area contributed by atoms with Crippen molar-refractivity contribution in [1.29, 1.82) is 0 Å². The van der Waals surface area contributed by atoms with E-state index >= 15 is 0 Å². The van der Waals surface area contributed by atoms with E-state index in [1.807, 2.05) is 66.7 Å². The number of hydrogen-bond donors (Lipinski definition) is 0. The third-order valence-electron chi connectivity index (χ3n) is 5.04. The van der Waals surface area contributed by atoms with Crippen LogP contribution in [0.3, 0.4) is 0 Å². The molecular weight excluding hydrogens is 443 g/mol. The lowest BCUT2D eigenvalue weighted by atomic mass is 9.95. The number of halogens is 3. The minimum absolute atomic E-state index is 0.464. The van der Waals surface area contributed by atoms with Gasteiger partial charge in [-0.05, 0) is 36.6 Å². The number of ether oxygens (including phenoxy) is 2. The normalized spacial score (nSPS) is 15.4.